The van der Waals surface area contributed by atoms with Gasteiger partial charge in [0.1, 0.15) is 0 Å². The Morgan fingerprint density at radius 3 is 2.57 bits per heavy atom. The third kappa shape index (κ3) is 1.97. The second kappa shape index (κ2) is 4.31. The predicted molar refractivity (Wildman–Crippen MR) is 59.8 cm³/mol. The lowest BCUT2D eigenvalue weighted by Crippen LogP contribution is -1.97. The SMILES string of the molecule is OBOc1ccc(-c2ccccc2)s1. The van der Waals surface area contributed by atoms with E-state index in [0.29, 0.717) is 0 Å². The molecule has 1 aromatic carbocycles. The summed E-state index contributed by atoms with van der Waals surface area (Å²) in [6.45, 7) is 0. The van der Waals surface area contributed by atoms with Crippen LogP contribution in [0.3, 0.4) is 0 Å². The quantitative estimate of drug-likeness (QED) is 0.775. The molecule has 0 radical (unpaired) electrons. The monoisotopic (exact) mass is 204 g/mol. The van der Waals surface area contributed by atoms with E-state index in [-0.39, 0.29) is 7.69 Å². The van der Waals surface area contributed by atoms with Crippen molar-refractivity contribution < 1.29 is 9.68 Å². The summed E-state index contributed by atoms with van der Waals surface area (Å²) in [6, 6.07) is 13.9. The second-order valence-electron chi connectivity index (χ2n) is 2.76. The highest BCUT2D eigenvalue weighted by atomic mass is 32.1. The van der Waals surface area contributed by atoms with Crippen molar-refractivity contribution in [2.45, 2.75) is 0 Å². The first-order chi connectivity index (χ1) is 6.90. The summed E-state index contributed by atoms with van der Waals surface area (Å²) in [7, 11) is -0.269. The molecule has 0 aliphatic rings. The molecular formula is C10H9BO2S. The summed E-state index contributed by atoms with van der Waals surface area (Å²) in [5, 5.41) is 9.33. The van der Waals surface area contributed by atoms with Gasteiger partial charge < -0.3 is 9.68 Å². The lowest BCUT2D eigenvalue weighted by molar-refractivity contribution is 0.461. The fourth-order valence-corrected chi connectivity index (χ4v) is 2.07. The maximum Gasteiger partial charge on any atom is 0.504 e. The largest absolute Gasteiger partial charge is 0.531 e. The Labute approximate surface area is 87.1 Å². The Bertz CT molecular complexity index is 400. The van der Waals surface area contributed by atoms with Crippen LogP contribution in [0.2, 0.25) is 0 Å². The highest BCUT2D eigenvalue weighted by Crippen LogP contribution is 2.32. The average Bonchev–Trinajstić information content (AvgIpc) is 2.68. The number of rotatable bonds is 3. The zero-order chi connectivity index (χ0) is 9.80. The zero-order valence-corrected chi connectivity index (χ0v) is 8.33. The van der Waals surface area contributed by atoms with Gasteiger partial charge in [-0.3, -0.25) is 0 Å². The van der Waals surface area contributed by atoms with Gasteiger partial charge >= 0.3 is 7.69 Å². The third-order valence-electron chi connectivity index (χ3n) is 1.85. The predicted octanol–water partition coefficient (Wildman–Crippen LogP) is 2.05. The summed E-state index contributed by atoms with van der Waals surface area (Å²) in [6.07, 6.45) is 0. The molecule has 0 atom stereocenters. The highest BCUT2D eigenvalue weighted by molar-refractivity contribution is 7.17. The van der Waals surface area contributed by atoms with Crippen molar-refractivity contribution in [2.24, 2.45) is 0 Å². The van der Waals surface area contributed by atoms with E-state index in [1.807, 2.05) is 30.3 Å². The lowest BCUT2D eigenvalue weighted by Gasteiger charge is -1.96. The number of hydrogen-bond acceptors (Lipinski definition) is 3. The van der Waals surface area contributed by atoms with E-state index in [2.05, 4.69) is 12.1 Å². The molecule has 0 fully saturated rings. The summed E-state index contributed by atoms with van der Waals surface area (Å²) in [4.78, 5) is 1.15. The molecule has 1 aromatic heterocycles. The molecular weight excluding hydrogens is 195 g/mol. The van der Waals surface area contributed by atoms with Crippen LogP contribution in [-0.4, -0.2) is 12.7 Å². The Balaban J connectivity index is 2.25. The summed E-state index contributed by atoms with van der Waals surface area (Å²) >= 11 is 1.53. The summed E-state index contributed by atoms with van der Waals surface area (Å²) in [5.41, 5.74) is 1.17. The van der Waals surface area contributed by atoms with Gasteiger partial charge in [0.25, 0.3) is 0 Å². The fraction of sp³-hybridized carbons (Fsp3) is 0. The minimum Gasteiger partial charge on any atom is -0.531 e. The summed E-state index contributed by atoms with van der Waals surface area (Å²) < 4.78 is 4.98. The molecule has 0 saturated carbocycles. The van der Waals surface area contributed by atoms with Crippen molar-refractivity contribution in [3.05, 3.63) is 42.5 Å². The van der Waals surface area contributed by atoms with Crippen LogP contribution in [0.15, 0.2) is 42.5 Å². The molecule has 2 rings (SSSR count). The number of benzene rings is 1. The van der Waals surface area contributed by atoms with Crippen molar-refractivity contribution >= 4 is 19.0 Å². The van der Waals surface area contributed by atoms with Crippen LogP contribution in [0.25, 0.3) is 10.4 Å². The smallest absolute Gasteiger partial charge is 0.504 e. The molecule has 0 unspecified atom stereocenters. The van der Waals surface area contributed by atoms with E-state index in [0.717, 1.165) is 9.94 Å². The van der Waals surface area contributed by atoms with Gasteiger partial charge in [-0.05, 0) is 17.7 Å². The van der Waals surface area contributed by atoms with E-state index >= 15 is 0 Å². The van der Waals surface area contributed by atoms with E-state index in [9.17, 15) is 0 Å². The molecule has 2 nitrogen and oxygen atoms in total. The molecule has 70 valence electrons. The van der Waals surface area contributed by atoms with Crippen LogP contribution >= 0.6 is 11.3 Å². The average molecular weight is 204 g/mol. The third-order valence-corrected chi connectivity index (χ3v) is 2.89. The molecule has 0 bridgehead atoms. The minimum absolute atomic E-state index is 0.269. The van der Waals surface area contributed by atoms with Crippen molar-refractivity contribution in [2.75, 3.05) is 0 Å². The topological polar surface area (TPSA) is 29.5 Å². The van der Waals surface area contributed by atoms with Gasteiger partial charge in [0.15, 0.2) is 5.06 Å². The van der Waals surface area contributed by atoms with Gasteiger partial charge in [-0.1, -0.05) is 30.3 Å². The molecule has 1 N–H and O–H groups in total. The van der Waals surface area contributed by atoms with E-state index in [4.69, 9.17) is 9.68 Å². The Hall–Kier alpha value is -1.26. The molecule has 14 heavy (non-hydrogen) atoms. The Kier molecular flexibility index (Phi) is 2.86. The van der Waals surface area contributed by atoms with Gasteiger partial charge in [0.2, 0.25) is 0 Å². The van der Waals surface area contributed by atoms with Crippen LogP contribution < -0.4 is 4.65 Å². The highest BCUT2D eigenvalue weighted by Gasteiger charge is 2.02. The molecule has 0 saturated heterocycles. The zero-order valence-electron chi connectivity index (χ0n) is 7.51. The molecule has 4 heteroatoms. The van der Waals surface area contributed by atoms with Gasteiger partial charge in [0.05, 0.1) is 0 Å². The maximum absolute atomic E-state index is 8.58. The molecule has 2 aromatic rings. The lowest BCUT2D eigenvalue weighted by atomic mass is 10.2. The van der Waals surface area contributed by atoms with E-state index in [1.165, 1.54) is 16.9 Å². The molecule has 0 amide bonds. The van der Waals surface area contributed by atoms with Crippen molar-refractivity contribution in [1.82, 2.24) is 0 Å². The van der Waals surface area contributed by atoms with Crippen LogP contribution in [0.1, 0.15) is 0 Å². The van der Waals surface area contributed by atoms with E-state index < -0.39 is 0 Å². The van der Waals surface area contributed by atoms with E-state index in [1.54, 1.807) is 0 Å². The van der Waals surface area contributed by atoms with Crippen LogP contribution in [0, 0.1) is 0 Å². The summed E-state index contributed by atoms with van der Waals surface area (Å²) in [5.74, 6) is 0. The molecule has 0 aliphatic heterocycles. The molecule has 1 heterocycles. The van der Waals surface area contributed by atoms with Crippen LogP contribution in [-0.2, 0) is 0 Å². The first kappa shape index (κ1) is 9.31. The van der Waals surface area contributed by atoms with Crippen molar-refractivity contribution in [3.8, 4) is 15.5 Å². The number of thiophene rings is 1. The fourth-order valence-electron chi connectivity index (χ4n) is 1.22. The van der Waals surface area contributed by atoms with Crippen LogP contribution in [0.5, 0.6) is 5.06 Å². The Morgan fingerprint density at radius 2 is 1.86 bits per heavy atom. The minimum atomic E-state index is -0.269. The first-order valence-electron chi connectivity index (χ1n) is 4.29. The van der Waals surface area contributed by atoms with Crippen LogP contribution in [0.4, 0.5) is 0 Å². The van der Waals surface area contributed by atoms with Crippen molar-refractivity contribution in [3.63, 3.8) is 0 Å². The van der Waals surface area contributed by atoms with Gasteiger partial charge in [-0.15, -0.1) is 11.3 Å². The first-order valence-corrected chi connectivity index (χ1v) is 5.11. The Morgan fingerprint density at radius 1 is 1.07 bits per heavy atom. The standard InChI is InChI=1S/C10H9BO2S/c12-11-13-10-7-6-9(14-10)8-4-2-1-3-5-8/h1-7,11-12H. The number of hydrogen-bond donors (Lipinski definition) is 1. The van der Waals surface area contributed by atoms with Gasteiger partial charge in [-0.2, -0.15) is 0 Å². The molecule has 0 aliphatic carbocycles. The van der Waals surface area contributed by atoms with Crippen molar-refractivity contribution in [1.29, 1.82) is 0 Å². The van der Waals surface area contributed by atoms with Gasteiger partial charge in [0, 0.05) is 4.88 Å². The van der Waals surface area contributed by atoms with Gasteiger partial charge in [-0.25, -0.2) is 0 Å². The normalized spacial score (nSPS) is 9.79. The molecule has 0 spiro atoms. The second-order valence-corrected chi connectivity index (χ2v) is 3.80. The maximum atomic E-state index is 8.58.